The second-order valence-corrected chi connectivity index (χ2v) is 6.11. The van der Waals surface area contributed by atoms with Gasteiger partial charge in [0.25, 0.3) is 5.91 Å². The number of carbonyl (C=O) groups excluding carboxylic acids is 2. The third-order valence-corrected chi connectivity index (χ3v) is 3.90. The first-order valence-electron chi connectivity index (χ1n) is 6.24. The lowest BCUT2D eigenvalue weighted by molar-refractivity contribution is -0.119. The number of carbonyl (C=O) groups is 2. The highest BCUT2D eigenvalue weighted by Crippen LogP contribution is 2.21. The van der Waals surface area contributed by atoms with Crippen LogP contribution in [0.1, 0.15) is 10.4 Å². The van der Waals surface area contributed by atoms with Gasteiger partial charge in [-0.1, -0.05) is 28.1 Å². The number of esters is 1. The third-order valence-electron chi connectivity index (χ3n) is 2.72. The van der Waals surface area contributed by atoms with Crippen LogP contribution in [0.25, 0.3) is 0 Å². The molecule has 0 radical (unpaired) electrons. The van der Waals surface area contributed by atoms with Crippen LogP contribution in [0.15, 0.2) is 51.4 Å². The molecule has 0 spiro atoms. The van der Waals surface area contributed by atoms with E-state index in [2.05, 4.69) is 37.2 Å². The number of rotatable bonds is 4. The highest BCUT2D eigenvalue weighted by molar-refractivity contribution is 9.10. The normalized spacial score (nSPS) is 10.1. The maximum atomic E-state index is 11.9. The second kappa shape index (κ2) is 7.42. The molecule has 0 aliphatic rings. The number of nitrogens with one attached hydrogen (secondary N) is 1. The maximum Gasteiger partial charge on any atom is 0.340 e. The van der Waals surface area contributed by atoms with Crippen LogP contribution in [0.2, 0.25) is 0 Å². The molecule has 7 heteroatoms. The minimum Gasteiger partial charge on any atom is -0.452 e. The molecule has 0 bridgehead atoms. The molecule has 0 heterocycles. The highest BCUT2D eigenvalue weighted by atomic mass is 79.9. The molecule has 0 saturated heterocycles. The number of hydrogen-bond acceptors (Lipinski definition) is 4. The molecule has 0 saturated carbocycles. The van der Waals surface area contributed by atoms with Gasteiger partial charge in [0.15, 0.2) is 6.61 Å². The standard InChI is InChI=1S/C15H12Br2N2O3/c16-9-5-6-12(18)10(7-9)15(21)22-8-14(20)19-13-4-2-1-3-11(13)17/h1-7H,8,18H2,(H,19,20). The van der Waals surface area contributed by atoms with Crippen LogP contribution in [0.3, 0.4) is 0 Å². The molecule has 5 nitrogen and oxygen atoms in total. The summed E-state index contributed by atoms with van der Waals surface area (Å²) in [5, 5.41) is 2.64. The van der Waals surface area contributed by atoms with Crippen LogP contribution >= 0.6 is 31.9 Å². The number of nitrogen functional groups attached to an aromatic ring is 1. The quantitative estimate of drug-likeness (QED) is 0.577. The fraction of sp³-hybridized carbons (Fsp3) is 0.0667. The minimum absolute atomic E-state index is 0.211. The van der Waals surface area contributed by atoms with Crippen molar-refractivity contribution in [2.45, 2.75) is 0 Å². The predicted octanol–water partition coefficient (Wildman–Crippen LogP) is 3.59. The van der Waals surface area contributed by atoms with E-state index in [9.17, 15) is 9.59 Å². The molecule has 2 rings (SSSR count). The van der Waals surface area contributed by atoms with Crippen molar-refractivity contribution in [1.29, 1.82) is 0 Å². The summed E-state index contributed by atoms with van der Waals surface area (Å²) in [5.41, 5.74) is 6.82. The van der Waals surface area contributed by atoms with Crippen molar-refractivity contribution < 1.29 is 14.3 Å². The average Bonchev–Trinajstić information content (AvgIpc) is 2.49. The van der Waals surface area contributed by atoms with Crippen molar-refractivity contribution in [1.82, 2.24) is 0 Å². The number of amides is 1. The molecule has 2 aromatic rings. The van der Waals surface area contributed by atoms with Crippen molar-refractivity contribution in [2.24, 2.45) is 0 Å². The molecule has 114 valence electrons. The zero-order chi connectivity index (χ0) is 16.1. The Morgan fingerprint density at radius 3 is 2.59 bits per heavy atom. The Kier molecular flexibility index (Phi) is 5.57. The number of nitrogens with two attached hydrogens (primary N) is 1. The summed E-state index contributed by atoms with van der Waals surface area (Å²) in [4.78, 5) is 23.7. The molecule has 0 aromatic heterocycles. The summed E-state index contributed by atoms with van der Waals surface area (Å²) in [7, 11) is 0. The molecule has 0 unspecified atom stereocenters. The highest BCUT2D eigenvalue weighted by Gasteiger charge is 2.14. The van der Waals surface area contributed by atoms with Crippen LogP contribution < -0.4 is 11.1 Å². The Hall–Kier alpha value is -1.86. The topological polar surface area (TPSA) is 81.4 Å². The number of para-hydroxylation sites is 1. The largest absolute Gasteiger partial charge is 0.452 e. The van der Waals surface area contributed by atoms with Crippen molar-refractivity contribution in [3.8, 4) is 0 Å². The van der Waals surface area contributed by atoms with Gasteiger partial charge in [0.1, 0.15) is 0 Å². The lowest BCUT2D eigenvalue weighted by Gasteiger charge is -2.09. The second-order valence-electron chi connectivity index (χ2n) is 4.34. The predicted molar refractivity (Wildman–Crippen MR) is 91.6 cm³/mol. The van der Waals surface area contributed by atoms with Gasteiger partial charge in [-0.3, -0.25) is 4.79 Å². The zero-order valence-corrected chi connectivity index (χ0v) is 14.5. The van der Waals surface area contributed by atoms with E-state index in [0.29, 0.717) is 15.8 Å². The number of hydrogen-bond donors (Lipinski definition) is 2. The van der Waals surface area contributed by atoms with Gasteiger partial charge in [0.2, 0.25) is 0 Å². The SMILES string of the molecule is Nc1ccc(Br)cc1C(=O)OCC(=O)Nc1ccccc1Br. The monoisotopic (exact) mass is 426 g/mol. The first-order chi connectivity index (χ1) is 10.5. The fourth-order valence-corrected chi connectivity index (χ4v) is 2.41. The van der Waals surface area contributed by atoms with Crippen molar-refractivity contribution in [3.05, 3.63) is 57.0 Å². The summed E-state index contributed by atoms with van der Waals surface area (Å²) in [5.74, 6) is -1.09. The average molecular weight is 428 g/mol. The van der Waals surface area contributed by atoms with Gasteiger partial charge in [-0.2, -0.15) is 0 Å². The van der Waals surface area contributed by atoms with Crippen LogP contribution in [-0.2, 0) is 9.53 Å². The van der Waals surface area contributed by atoms with E-state index in [1.165, 1.54) is 0 Å². The van der Waals surface area contributed by atoms with Crippen molar-refractivity contribution in [2.75, 3.05) is 17.7 Å². The molecular weight excluding hydrogens is 416 g/mol. The number of benzene rings is 2. The molecule has 0 fully saturated rings. The molecular formula is C15H12Br2N2O3. The van der Waals surface area contributed by atoms with Gasteiger partial charge in [-0.05, 0) is 46.3 Å². The summed E-state index contributed by atoms with van der Waals surface area (Å²) in [6, 6.07) is 12.0. The van der Waals surface area contributed by atoms with E-state index in [4.69, 9.17) is 10.5 Å². The molecule has 22 heavy (non-hydrogen) atoms. The van der Waals surface area contributed by atoms with E-state index in [1.54, 1.807) is 36.4 Å². The Labute approximate surface area is 144 Å². The van der Waals surface area contributed by atoms with E-state index in [0.717, 1.165) is 4.47 Å². The van der Waals surface area contributed by atoms with Gasteiger partial charge in [0, 0.05) is 14.6 Å². The van der Waals surface area contributed by atoms with Crippen LogP contribution in [0.4, 0.5) is 11.4 Å². The molecule has 0 atom stereocenters. The third kappa shape index (κ3) is 4.32. The van der Waals surface area contributed by atoms with Crippen molar-refractivity contribution >= 4 is 55.1 Å². The molecule has 1 amide bonds. The van der Waals surface area contributed by atoms with E-state index >= 15 is 0 Å². The Bertz CT molecular complexity index is 720. The summed E-state index contributed by atoms with van der Waals surface area (Å²) in [6.07, 6.45) is 0. The molecule has 0 aliphatic heterocycles. The van der Waals surface area contributed by atoms with Gasteiger partial charge in [-0.15, -0.1) is 0 Å². The van der Waals surface area contributed by atoms with Gasteiger partial charge in [-0.25, -0.2) is 4.79 Å². The zero-order valence-electron chi connectivity index (χ0n) is 11.3. The first kappa shape index (κ1) is 16.5. The number of halogens is 2. The van der Waals surface area contributed by atoms with Gasteiger partial charge in [0.05, 0.1) is 11.3 Å². The smallest absolute Gasteiger partial charge is 0.340 e. The summed E-state index contributed by atoms with van der Waals surface area (Å²) in [6.45, 7) is -0.397. The van der Waals surface area contributed by atoms with Crippen LogP contribution in [-0.4, -0.2) is 18.5 Å². The number of anilines is 2. The Morgan fingerprint density at radius 1 is 1.14 bits per heavy atom. The lowest BCUT2D eigenvalue weighted by atomic mass is 10.2. The lowest BCUT2D eigenvalue weighted by Crippen LogP contribution is -2.21. The Balaban J connectivity index is 1.95. The summed E-state index contributed by atoms with van der Waals surface area (Å²) >= 11 is 6.56. The van der Waals surface area contributed by atoms with E-state index < -0.39 is 18.5 Å². The minimum atomic E-state index is -0.652. The van der Waals surface area contributed by atoms with E-state index in [1.807, 2.05) is 6.07 Å². The van der Waals surface area contributed by atoms with Gasteiger partial charge < -0.3 is 15.8 Å². The molecule has 2 aromatic carbocycles. The van der Waals surface area contributed by atoms with Crippen LogP contribution in [0, 0.1) is 0 Å². The maximum absolute atomic E-state index is 11.9. The van der Waals surface area contributed by atoms with Crippen LogP contribution in [0.5, 0.6) is 0 Å². The van der Waals surface area contributed by atoms with Crippen molar-refractivity contribution in [3.63, 3.8) is 0 Å². The fourth-order valence-electron chi connectivity index (χ4n) is 1.66. The number of ether oxygens (including phenoxy) is 1. The Morgan fingerprint density at radius 2 is 1.86 bits per heavy atom. The summed E-state index contributed by atoms with van der Waals surface area (Å²) < 4.78 is 6.41. The molecule has 0 aliphatic carbocycles. The molecule has 3 N–H and O–H groups in total. The van der Waals surface area contributed by atoms with E-state index in [-0.39, 0.29) is 5.56 Å². The first-order valence-corrected chi connectivity index (χ1v) is 7.82. The van der Waals surface area contributed by atoms with Gasteiger partial charge >= 0.3 is 5.97 Å².